The van der Waals surface area contributed by atoms with E-state index in [2.05, 4.69) is 16.3 Å². The quantitative estimate of drug-likeness (QED) is 0.372. The zero-order valence-electron chi connectivity index (χ0n) is 13.1. The Morgan fingerprint density at radius 2 is 2.08 bits per heavy atom. The summed E-state index contributed by atoms with van der Waals surface area (Å²) in [7, 11) is 0. The van der Waals surface area contributed by atoms with Crippen LogP contribution in [0.5, 0.6) is 0 Å². The summed E-state index contributed by atoms with van der Waals surface area (Å²) in [4.78, 5) is 10.5. The Bertz CT molecular complexity index is 1070. The van der Waals surface area contributed by atoms with Crippen LogP contribution in [0.4, 0.5) is 5.69 Å². The molecule has 3 aromatic rings. The molecule has 26 heavy (non-hydrogen) atoms. The number of nitro groups is 1. The Morgan fingerprint density at radius 3 is 2.77 bits per heavy atom. The summed E-state index contributed by atoms with van der Waals surface area (Å²) >= 11 is 12.1. The lowest BCUT2D eigenvalue weighted by Gasteiger charge is -2.04. The van der Waals surface area contributed by atoms with Crippen molar-refractivity contribution in [3.05, 3.63) is 79.9 Å². The molecule has 1 aromatic heterocycles. The maximum absolute atomic E-state index is 11.0. The normalized spacial score (nSPS) is 11.2. The number of halogens is 2. The summed E-state index contributed by atoms with van der Waals surface area (Å²) < 4.78 is 0. The van der Waals surface area contributed by atoms with Crippen molar-refractivity contribution in [2.45, 2.75) is 0 Å². The van der Waals surface area contributed by atoms with Gasteiger partial charge in [0, 0.05) is 33.8 Å². The number of non-ortho nitro benzene ring substituents is 1. The minimum atomic E-state index is -0.469. The van der Waals surface area contributed by atoms with Gasteiger partial charge in [-0.25, -0.2) is 0 Å². The monoisotopic (exact) mass is 384 g/mol. The van der Waals surface area contributed by atoms with Crippen molar-refractivity contribution < 1.29 is 4.92 Å². The van der Waals surface area contributed by atoms with Crippen molar-refractivity contribution in [2.75, 3.05) is 0 Å². The molecule has 0 bridgehead atoms. The molecule has 0 unspecified atom stereocenters. The van der Waals surface area contributed by atoms with Gasteiger partial charge in [-0.1, -0.05) is 41.4 Å². The van der Waals surface area contributed by atoms with Gasteiger partial charge in [0.1, 0.15) is 0 Å². The van der Waals surface area contributed by atoms with Gasteiger partial charge in [0.15, 0.2) is 0 Å². The molecule has 0 spiro atoms. The van der Waals surface area contributed by atoms with Gasteiger partial charge in [-0.2, -0.15) is 10.4 Å². The SMILES string of the molecule is N#CC(=Cc1cn[nH]c1-c1cccc([N+](=O)[O-])c1)c1ccc(Cl)cc1Cl. The summed E-state index contributed by atoms with van der Waals surface area (Å²) in [6.45, 7) is 0. The maximum atomic E-state index is 11.0. The van der Waals surface area contributed by atoms with Crippen LogP contribution in [0.25, 0.3) is 22.9 Å². The van der Waals surface area contributed by atoms with Crippen LogP contribution >= 0.6 is 23.2 Å². The summed E-state index contributed by atoms with van der Waals surface area (Å²) in [6.07, 6.45) is 3.15. The second-order valence-electron chi connectivity index (χ2n) is 5.30. The van der Waals surface area contributed by atoms with Gasteiger partial charge in [-0.3, -0.25) is 15.2 Å². The van der Waals surface area contributed by atoms with Gasteiger partial charge in [-0.05, 0) is 18.2 Å². The van der Waals surface area contributed by atoms with E-state index in [1.54, 1.807) is 36.4 Å². The lowest BCUT2D eigenvalue weighted by Crippen LogP contribution is -1.89. The zero-order valence-corrected chi connectivity index (χ0v) is 14.6. The molecule has 0 atom stereocenters. The largest absolute Gasteiger partial charge is 0.277 e. The molecule has 0 aliphatic rings. The van der Waals surface area contributed by atoms with Gasteiger partial charge in [0.25, 0.3) is 5.69 Å². The van der Waals surface area contributed by atoms with E-state index in [4.69, 9.17) is 23.2 Å². The number of nitro benzene ring substituents is 1. The number of aromatic amines is 1. The molecular weight excluding hydrogens is 375 g/mol. The predicted octanol–water partition coefficient (Wildman–Crippen LogP) is 5.36. The first-order valence-electron chi connectivity index (χ1n) is 7.35. The standard InChI is InChI=1S/C18H10Cl2N4O2/c19-14-4-5-16(17(20)8-14)12(9-21)6-13-10-22-23-18(13)11-2-1-3-15(7-11)24(25)26/h1-8,10H,(H,22,23). The molecule has 1 N–H and O–H groups in total. The van der Waals surface area contributed by atoms with E-state index in [-0.39, 0.29) is 5.69 Å². The lowest BCUT2D eigenvalue weighted by molar-refractivity contribution is -0.384. The molecule has 2 aromatic carbocycles. The van der Waals surface area contributed by atoms with Crippen molar-refractivity contribution in [3.63, 3.8) is 0 Å². The summed E-state index contributed by atoms with van der Waals surface area (Å²) in [6, 6.07) is 13.1. The summed E-state index contributed by atoms with van der Waals surface area (Å²) in [5, 5.41) is 28.1. The highest BCUT2D eigenvalue weighted by Crippen LogP contribution is 2.31. The summed E-state index contributed by atoms with van der Waals surface area (Å²) in [5.41, 5.74) is 2.57. The molecule has 0 aliphatic heterocycles. The molecule has 6 nitrogen and oxygen atoms in total. The van der Waals surface area contributed by atoms with Crippen LogP contribution < -0.4 is 0 Å². The van der Waals surface area contributed by atoms with Crippen LogP contribution in [0.3, 0.4) is 0 Å². The Morgan fingerprint density at radius 1 is 1.27 bits per heavy atom. The van der Waals surface area contributed by atoms with E-state index >= 15 is 0 Å². The first-order valence-corrected chi connectivity index (χ1v) is 8.10. The molecule has 0 saturated heterocycles. The van der Waals surface area contributed by atoms with E-state index in [0.717, 1.165) is 0 Å². The average molecular weight is 385 g/mol. The third-order valence-electron chi connectivity index (χ3n) is 3.66. The van der Waals surface area contributed by atoms with E-state index in [1.807, 2.05) is 0 Å². The lowest BCUT2D eigenvalue weighted by atomic mass is 10.0. The number of nitriles is 1. The van der Waals surface area contributed by atoms with Gasteiger partial charge < -0.3 is 0 Å². The Balaban J connectivity index is 2.07. The number of rotatable bonds is 4. The fraction of sp³-hybridized carbons (Fsp3) is 0. The molecule has 1 heterocycles. The second-order valence-corrected chi connectivity index (χ2v) is 6.15. The van der Waals surface area contributed by atoms with E-state index in [9.17, 15) is 15.4 Å². The highest BCUT2D eigenvalue weighted by atomic mass is 35.5. The molecule has 0 aliphatic carbocycles. The van der Waals surface area contributed by atoms with E-state index < -0.39 is 4.92 Å². The molecule has 0 saturated carbocycles. The van der Waals surface area contributed by atoms with Crippen molar-refractivity contribution in [1.82, 2.24) is 10.2 Å². The molecule has 128 valence electrons. The fourth-order valence-corrected chi connectivity index (χ4v) is 2.96. The van der Waals surface area contributed by atoms with Crippen molar-refractivity contribution in [3.8, 4) is 17.3 Å². The predicted molar refractivity (Wildman–Crippen MR) is 101 cm³/mol. The van der Waals surface area contributed by atoms with Gasteiger partial charge in [0.05, 0.1) is 33.5 Å². The molecule has 0 radical (unpaired) electrons. The van der Waals surface area contributed by atoms with Crippen LogP contribution in [-0.2, 0) is 0 Å². The number of benzene rings is 2. The smallest absolute Gasteiger partial charge is 0.270 e. The Hall–Kier alpha value is -3.14. The molecule has 3 rings (SSSR count). The fourth-order valence-electron chi connectivity index (χ4n) is 2.44. The second kappa shape index (κ2) is 7.40. The highest BCUT2D eigenvalue weighted by molar-refractivity contribution is 6.36. The van der Waals surface area contributed by atoms with Crippen molar-refractivity contribution >= 4 is 40.5 Å². The number of aromatic nitrogens is 2. The van der Waals surface area contributed by atoms with Crippen LogP contribution in [-0.4, -0.2) is 15.1 Å². The number of allylic oxidation sites excluding steroid dienone is 1. The van der Waals surface area contributed by atoms with Crippen LogP contribution in [0.1, 0.15) is 11.1 Å². The van der Waals surface area contributed by atoms with Crippen LogP contribution in [0.15, 0.2) is 48.7 Å². The summed E-state index contributed by atoms with van der Waals surface area (Å²) in [5.74, 6) is 0. The number of nitrogens with zero attached hydrogens (tertiary/aromatic N) is 3. The highest BCUT2D eigenvalue weighted by Gasteiger charge is 2.13. The third-order valence-corrected chi connectivity index (χ3v) is 4.20. The maximum Gasteiger partial charge on any atom is 0.270 e. The topological polar surface area (TPSA) is 95.6 Å². The third kappa shape index (κ3) is 3.59. The average Bonchev–Trinajstić information content (AvgIpc) is 3.08. The Kier molecular flexibility index (Phi) is 5.03. The van der Waals surface area contributed by atoms with Gasteiger partial charge in [-0.15, -0.1) is 0 Å². The van der Waals surface area contributed by atoms with E-state index in [1.165, 1.54) is 18.3 Å². The van der Waals surface area contributed by atoms with Gasteiger partial charge in [0.2, 0.25) is 0 Å². The molecule has 0 fully saturated rings. The number of hydrogen-bond acceptors (Lipinski definition) is 4. The number of H-pyrrole nitrogens is 1. The van der Waals surface area contributed by atoms with Crippen molar-refractivity contribution in [1.29, 1.82) is 5.26 Å². The minimum absolute atomic E-state index is 0.0340. The van der Waals surface area contributed by atoms with Crippen molar-refractivity contribution in [2.24, 2.45) is 0 Å². The molecular formula is C18H10Cl2N4O2. The molecule has 0 amide bonds. The number of hydrogen-bond donors (Lipinski definition) is 1. The number of nitrogens with one attached hydrogen (secondary N) is 1. The first kappa shape index (κ1) is 17.7. The first-order chi connectivity index (χ1) is 12.5. The molecule has 8 heteroatoms. The van der Waals surface area contributed by atoms with Crippen LogP contribution in [0.2, 0.25) is 10.0 Å². The van der Waals surface area contributed by atoms with Crippen LogP contribution in [0, 0.1) is 21.4 Å². The minimum Gasteiger partial charge on any atom is -0.277 e. The zero-order chi connectivity index (χ0) is 18.7. The Labute approximate surface area is 158 Å². The van der Waals surface area contributed by atoms with E-state index in [0.29, 0.717) is 38.0 Å². The van der Waals surface area contributed by atoms with Gasteiger partial charge >= 0.3 is 0 Å².